The Bertz CT molecular complexity index is 996. The van der Waals surface area contributed by atoms with Gasteiger partial charge in [0.05, 0.1) is 30.1 Å². The average molecular weight is 361 g/mol. The van der Waals surface area contributed by atoms with Gasteiger partial charge in [0, 0.05) is 17.3 Å². The number of methoxy groups -OCH3 is 1. The first kappa shape index (κ1) is 17.0. The molecule has 1 aromatic heterocycles. The van der Waals surface area contributed by atoms with Crippen molar-refractivity contribution in [3.8, 4) is 5.75 Å². The van der Waals surface area contributed by atoms with Gasteiger partial charge in [-0.25, -0.2) is 0 Å². The second-order valence-electron chi connectivity index (χ2n) is 6.54. The SMILES string of the molecule is COc1ccc(NC(=O)C2CC2C(=O)Nc2cccc3cccnc23)cc1. The van der Waals surface area contributed by atoms with Gasteiger partial charge in [-0.15, -0.1) is 0 Å². The van der Waals surface area contributed by atoms with Gasteiger partial charge in [-0.1, -0.05) is 18.2 Å². The van der Waals surface area contributed by atoms with E-state index in [-0.39, 0.29) is 23.7 Å². The molecule has 0 radical (unpaired) electrons. The minimum atomic E-state index is -0.317. The van der Waals surface area contributed by atoms with E-state index in [4.69, 9.17) is 4.74 Å². The molecule has 3 aromatic rings. The van der Waals surface area contributed by atoms with Crippen molar-refractivity contribution in [1.82, 2.24) is 4.98 Å². The molecular weight excluding hydrogens is 342 g/mol. The first-order valence-corrected chi connectivity index (χ1v) is 8.75. The smallest absolute Gasteiger partial charge is 0.228 e. The molecule has 6 heteroatoms. The van der Waals surface area contributed by atoms with Crippen LogP contribution >= 0.6 is 0 Å². The highest BCUT2D eigenvalue weighted by Gasteiger charge is 2.48. The van der Waals surface area contributed by atoms with Crippen molar-refractivity contribution in [2.45, 2.75) is 6.42 Å². The quantitative estimate of drug-likeness (QED) is 0.729. The van der Waals surface area contributed by atoms with E-state index in [9.17, 15) is 9.59 Å². The second-order valence-corrected chi connectivity index (χ2v) is 6.54. The van der Waals surface area contributed by atoms with Gasteiger partial charge in [0.2, 0.25) is 11.8 Å². The molecule has 136 valence electrons. The van der Waals surface area contributed by atoms with Crippen LogP contribution in [-0.2, 0) is 9.59 Å². The standard InChI is InChI=1S/C21H19N3O3/c1-27-15-9-7-14(8-10-15)23-20(25)16-12-17(16)21(26)24-18-6-2-4-13-5-3-11-22-19(13)18/h2-11,16-17H,12H2,1H3,(H,23,25)(H,24,26). The Balaban J connectivity index is 1.39. The summed E-state index contributed by atoms with van der Waals surface area (Å²) in [6.07, 6.45) is 2.24. The van der Waals surface area contributed by atoms with Crippen LogP contribution in [-0.4, -0.2) is 23.9 Å². The van der Waals surface area contributed by atoms with Crippen LogP contribution in [0.25, 0.3) is 10.9 Å². The molecule has 2 N–H and O–H groups in total. The number of carbonyl (C=O) groups is 2. The molecule has 6 nitrogen and oxygen atoms in total. The maximum Gasteiger partial charge on any atom is 0.228 e. The Morgan fingerprint density at radius 3 is 2.41 bits per heavy atom. The molecule has 27 heavy (non-hydrogen) atoms. The lowest BCUT2D eigenvalue weighted by Gasteiger charge is -2.08. The summed E-state index contributed by atoms with van der Waals surface area (Å²) in [5.74, 6) is -0.197. The van der Waals surface area contributed by atoms with Crippen molar-refractivity contribution in [3.63, 3.8) is 0 Å². The van der Waals surface area contributed by atoms with Crippen LogP contribution in [0.3, 0.4) is 0 Å². The molecular formula is C21H19N3O3. The molecule has 1 aliphatic carbocycles. The van der Waals surface area contributed by atoms with Crippen LogP contribution in [0, 0.1) is 11.8 Å². The van der Waals surface area contributed by atoms with Crippen LogP contribution < -0.4 is 15.4 Å². The maximum atomic E-state index is 12.5. The Morgan fingerprint density at radius 2 is 1.67 bits per heavy atom. The number of hydrogen-bond donors (Lipinski definition) is 2. The maximum absolute atomic E-state index is 12.5. The zero-order valence-corrected chi connectivity index (χ0v) is 14.8. The van der Waals surface area contributed by atoms with E-state index in [1.54, 1.807) is 37.6 Å². The lowest BCUT2D eigenvalue weighted by molar-refractivity contribution is -0.122. The van der Waals surface area contributed by atoms with E-state index in [0.29, 0.717) is 17.8 Å². The first-order valence-electron chi connectivity index (χ1n) is 8.75. The predicted octanol–water partition coefficient (Wildman–Crippen LogP) is 3.46. The normalized spacial score (nSPS) is 18.0. The largest absolute Gasteiger partial charge is 0.497 e. The molecule has 1 aliphatic rings. The number of para-hydroxylation sites is 1. The summed E-state index contributed by atoms with van der Waals surface area (Å²) in [6, 6.07) is 16.5. The molecule has 4 rings (SSSR count). The van der Waals surface area contributed by atoms with Gasteiger partial charge in [0.25, 0.3) is 0 Å². The molecule has 0 spiro atoms. The lowest BCUT2D eigenvalue weighted by atomic mass is 10.2. The fourth-order valence-corrected chi connectivity index (χ4v) is 3.11. The zero-order chi connectivity index (χ0) is 18.8. The van der Waals surface area contributed by atoms with Gasteiger partial charge in [-0.05, 0) is 42.8 Å². The predicted molar refractivity (Wildman–Crippen MR) is 104 cm³/mol. The van der Waals surface area contributed by atoms with E-state index >= 15 is 0 Å². The summed E-state index contributed by atoms with van der Waals surface area (Å²) < 4.78 is 5.10. The molecule has 1 saturated carbocycles. The average Bonchev–Trinajstić information content (AvgIpc) is 3.50. The van der Waals surface area contributed by atoms with E-state index in [1.807, 2.05) is 30.3 Å². The van der Waals surface area contributed by atoms with Gasteiger partial charge < -0.3 is 15.4 Å². The molecule has 2 unspecified atom stereocenters. The molecule has 0 bridgehead atoms. The summed E-state index contributed by atoms with van der Waals surface area (Å²) in [6.45, 7) is 0. The van der Waals surface area contributed by atoms with Crippen LogP contribution in [0.5, 0.6) is 5.75 Å². The Hall–Kier alpha value is -3.41. The molecule has 0 saturated heterocycles. The van der Waals surface area contributed by atoms with Crippen molar-refractivity contribution in [2.24, 2.45) is 11.8 Å². The minimum Gasteiger partial charge on any atom is -0.497 e. The summed E-state index contributed by atoms with van der Waals surface area (Å²) in [5.41, 5.74) is 2.10. The molecule has 1 heterocycles. The van der Waals surface area contributed by atoms with Gasteiger partial charge in [0.1, 0.15) is 5.75 Å². The Morgan fingerprint density at radius 1 is 0.963 bits per heavy atom. The molecule has 0 aliphatic heterocycles. The van der Waals surface area contributed by atoms with Crippen LogP contribution in [0.4, 0.5) is 11.4 Å². The van der Waals surface area contributed by atoms with Crippen molar-refractivity contribution < 1.29 is 14.3 Å². The molecule has 2 aromatic carbocycles. The Kier molecular flexibility index (Phi) is 4.46. The number of amides is 2. The summed E-state index contributed by atoms with van der Waals surface area (Å²) >= 11 is 0. The van der Waals surface area contributed by atoms with Gasteiger partial charge in [-0.2, -0.15) is 0 Å². The third-order valence-corrected chi connectivity index (χ3v) is 4.71. The fraction of sp³-hybridized carbons (Fsp3) is 0.190. The van der Waals surface area contributed by atoms with Crippen LogP contribution in [0.2, 0.25) is 0 Å². The van der Waals surface area contributed by atoms with Gasteiger partial charge >= 0.3 is 0 Å². The van der Waals surface area contributed by atoms with Gasteiger partial charge in [0.15, 0.2) is 0 Å². The molecule has 2 amide bonds. The van der Waals surface area contributed by atoms with Crippen LogP contribution in [0.15, 0.2) is 60.8 Å². The number of aromatic nitrogens is 1. The van der Waals surface area contributed by atoms with E-state index < -0.39 is 0 Å². The topological polar surface area (TPSA) is 80.3 Å². The third-order valence-electron chi connectivity index (χ3n) is 4.71. The van der Waals surface area contributed by atoms with E-state index in [1.165, 1.54) is 0 Å². The number of nitrogens with one attached hydrogen (secondary N) is 2. The van der Waals surface area contributed by atoms with Crippen molar-refractivity contribution in [3.05, 3.63) is 60.8 Å². The highest BCUT2D eigenvalue weighted by molar-refractivity contribution is 6.06. The molecule has 1 fully saturated rings. The second kappa shape index (κ2) is 7.07. The van der Waals surface area contributed by atoms with Crippen LogP contribution in [0.1, 0.15) is 6.42 Å². The monoisotopic (exact) mass is 361 g/mol. The van der Waals surface area contributed by atoms with E-state index in [2.05, 4.69) is 15.6 Å². The fourth-order valence-electron chi connectivity index (χ4n) is 3.11. The molecule has 2 atom stereocenters. The lowest BCUT2D eigenvalue weighted by Crippen LogP contribution is -2.20. The van der Waals surface area contributed by atoms with Crippen molar-refractivity contribution in [2.75, 3.05) is 17.7 Å². The number of pyridine rings is 1. The number of carbonyl (C=O) groups excluding carboxylic acids is 2. The number of ether oxygens (including phenoxy) is 1. The number of rotatable bonds is 5. The van der Waals surface area contributed by atoms with Crippen molar-refractivity contribution in [1.29, 1.82) is 0 Å². The number of anilines is 2. The summed E-state index contributed by atoms with van der Waals surface area (Å²) in [5, 5.41) is 6.72. The first-order chi connectivity index (χ1) is 13.2. The third kappa shape index (κ3) is 3.60. The summed E-state index contributed by atoms with van der Waals surface area (Å²) in [7, 11) is 1.59. The highest BCUT2D eigenvalue weighted by Crippen LogP contribution is 2.40. The number of hydrogen-bond acceptors (Lipinski definition) is 4. The number of nitrogens with zero attached hydrogens (tertiary/aromatic N) is 1. The highest BCUT2D eigenvalue weighted by atomic mass is 16.5. The van der Waals surface area contributed by atoms with E-state index in [0.717, 1.165) is 16.7 Å². The Labute approximate surface area is 156 Å². The number of benzene rings is 2. The number of fused-ring (bicyclic) bond motifs is 1. The minimum absolute atomic E-state index is 0.142. The summed E-state index contributed by atoms with van der Waals surface area (Å²) in [4.78, 5) is 29.2. The van der Waals surface area contributed by atoms with Crippen molar-refractivity contribution >= 4 is 34.1 Å². The zero-order valence-electron chi connectivity index (χ0n) is 14.8. The van der Waals surface area contributed by atoms with Gasteiger partial charge in [-0.3, -0.25) is 14.6 Å².